The summed E-state index contributed by atoms with van der Waals surface area (Å²) in [5.74, 6) is 1.40. The van der Waals surface area contributed by atoms with Crippen molar-refractivity contribution in [2.45, 2.75) is 45.4 Å². The fraction of sp³-hybridized carbons (Fsp3) is 0.435. The minimum Gasteiger partial charge on any atom is -0.508 e. The smallest absolute Gasteiger partial charge is 0.412 e. The van der Waals surface area contributed by atoms with Gasteiger partial charge in [-0.15, -0.1) is 0 Å². The van der Waals surface area contributed by atoms with E-state index in [-0.39, 0.29) is 16.6 Å². The minimum atomic E-state index is -0.469. The molecule has 27 heavy (non-hydrogen) atoms. The second-order valence-corrected chi connectivity index (χ2v) is 8.65. The number of amides is 1. The molecule has 1 aliphatic rings. The Morgan fingerprint density at radius 2 is 1.59 bits per heavy atom. The standard InChI is InChI=1S/C23H29NO3/c1-16-13-22(2,3)15-23(14-16,17-5-9-19(25)10-6-17)18-7-11-20(12-8-18)27-21(26)24-4/h5-12,16,25H,13-15H2,1-4H3,(H,24,26). The Kier molecular flexibility index (Phi) is 5.18. The van der Waals surface area contributed by atoms with Crippen LogP contribution in [-0.2, 0) is 5.41 Å². The highest BCUT2D eigenvalue weighted by molar-refractivity contribution is 5.69. The summed E-state index contributed by atoms with van der Waals surface area (Å²) in [5, 5.41) is 12.2. The molecule has 0 aliphatic heterocycles. The molecule has 1 aliphatic carbocycles. The van der Waals surface area contributed by atoms with E-state index < -0.39 is 6.09 Å². The fourth-order valence-electron chi connectivity index (χ4n) is 4.96. The average molecular weight is 367 g/mol. The van der Waals surface area contributed by atoms with Crippen LogP contribution in [0, 0.1) is 11.3 Å². The van der Waals surface area contributed by atoms with Crippen LogP contribution < -0.4 is 10.1 Å². The van der Waals surface area contributed by atoms with Crippen molar-refractivity contribution in [3.8, 4) is 11.5 Å². The first-order chi connectivity index (χ1) is 12.7. The Balaban J connectivity index is 2.05. The average Bonchev–Trinajstić information content (AvgIpc) is 2.61. The van der Waals surface area contributed by atoms with Crippen LogP contribution in [0.4, 0.5) is 4.79 Å². The van der Waals surface area contributed by atoms with Gasteiger partial charge in [0, 0.05) is 12.5 Å². The Labute approximate surface area is 161 Å². The van der Waals surface area contributed by atoms with E-state index >= 15 is 0 Å². The van der Waals surface area contributed by atoms with Crippen LogP contribution >= 0.6 is 0 Å². The summed E-state index contributed by atoms with van der Waals surface area (Å²) < 4.78 is 5.24. The monoisotopic (exact) mass is 367 g/mol. The summed E-state index contributed by atoms with van der Waals surface area (Å²) >= 11 is 0. The number of ether oxygens (including phenoxy) is 1. The van der Waals surface area contributed by atoms with Gasteiger partial charge in [-0.2, -0.15) is 0 Å². The van der Waals surface area contributed by atoms with E-state index in [0.29, 0.717) is 11.7 Å². The SMILES string of the molecule is CNC(=O)Oc1ccc(C2(c3ccc(O)cc3)CC(C)CC(C)(C)C2)cc1. The molecule has 2 aromatic rings. The van der Waals surface area contributed by atoms with E-state index in [1.54, 1.807) is 19.2 Å². The lowest BCUT2D eigenvalue weighted by Gasteiger charge is -2.48. The molecule has 3 rings (SSSR count). The lowest BCUT2D eigenvalue weighted by atomic mass is 9.55. The van der Waals surface area contributed by atoms with Gasteiger partial charge in [-0.05, 0) is 66.0 Å². The minimum absolute atomic E-state index is 0.125. The van der Waals surface area contributed by atoms with Crippen molar-refractivity contribution in [1.82, 2.24) is 5.32 Å². The number of carbonyl (C=O) groups is 1. The highest BCUT2D eigenvalue weighted by atomic mass is 16.5. The van der Waals surface area contributed by atoms with Gasteiger partial charge in [0.1, 0.15) is 11.5 Å². The molecule has 0 spiro atoms. The number of hydrogen-bond acceptors (Lipinski definition) is 3. The van der Waals surface area contributed by atoms with Crippen molar-refractivity contribution in [2.75, 3.05) is 7.05 Å². The zero-order valence-electron chi connectivity index (χ0n) is 16.6. The molecule has 0 saturated heterocycles. The highest BCUT2D eigenvalue weighted by Crippen LogP contribution is 2.53. The number of benzene rings is 2. The molecule has 2 N–H and O–H groups in total. The van der Waals surface area contributed by atoms with Crippen LogP contribution in [-0.4, -0.2) is 18.2 Å². The number of phenolic OH excluding ortho intramolecular Hbond substituents is 1. The number of carbonyl (C=O) groups excluding carboxylic acids is 1. The lowest BCUT2D eigenvalue weighted by molar-refractivity contribution is 0.127. The molecule has 144 valence electrons. The third kappa shape index (κ3) is 4.10. The number of hydrogen-bond donors (Lipinski definition) is 2. The molecule has 0 bridgehead atoms. The van der Waals surface area contributed by atoms with Crippen molar-refractivity contribution in [2.24, 2.45) is 11.3 Å². The predicted molar refractivity (Wildman–Crippen MR) is 107 cm³/mol. The van der Waals surface area contributed by atoms with Gasteiger partial charge in [0.05, 0.1) is 0 Å². The van der Waals surface area contributed by atoms with Gasteiger partial charge in [-0.1, -0.05) is 45.0 Å². The van der Waals surface area contributed by atoms with Gasteiger partial charge < -0.3 is 15.2 Å². The van der Waals surface area contributed by atoms with Crippen molar-refractivity contribution in [3.05, 3.63) is 59.7 Å². The maximum atomic E-state index is 11.5. The molecule has 0 radical (unpaired) electrons. The zero-order chi connectivity index (χ0) is 19.7. The summed E-state index contributed by atoms with van der Waals surface area (Å²) in [6, 6.07) is 15.5. The van der Waals surface area contributed by atoms with Gasteiger partial charge in [-0.25, -0.2) is 4.79 Å². The summed E-state index contributed by atoms with van der Waals surface area (Å²) in [4.78, 5) is 11.5. The summed E-state index contributed by atoms with van der Waals surface area (Å²) in [6.45, 7) is 6.99. The van der Waals surface area contributed by atoms with Crippen LogP contribution in [0.2, 0.25) is 0 Å². The molecule has 0 heterocycles. The Morgan fingerprint density at radius 3 is 2.11 bits per heavy atom. The first-order valence-corrected chi connectivity index (χ1v) is 9.54. The topological polar surface area (TPSA) is 58.6 Å². The second-order valence-electron chi connectivity index (χ2n) is 8.65. The number of phenols is 1. The molecule has 4 nitrogen and oxygen atoms in total. The van der Waals surface area contributed by atoms with Crippen molar-refractivity contribution < 1.29 is 14.6 Å². The third-order valence-electron chi connectivity index (χ3n) is 5.62. The molecular weight excluding hydrogens is 338 g/mol. The first-order valence-electron chi connectivity index (χ1n) is 9.54. The molecular formula is C23H29NO3. The maximum absolute atomic E-state index is 11.5. The Hall–Kier alpha value is -2.49. The van der Waals surface area contributed by atoms with E-state index in [1.165, 1.54) is 17.5 Å². The van der Waals surface area contributed by atoms with Crippen LogP contribution in [0.15, 0.2) is 48.5 Å². The largest absolute Gasteiger partial charge is 0.508 e. The normalized spacial score (nSPS) is 24.2. The van der Waals surface area contributed by atoms with Crippen LogP contribution in [0.5, 0.6) is 11.5 Å². The van der Waals surface area contributed by atoms with E-state index in [9.17, 15) is 9.90 Å². The first kappa shape index (κ1) is 19.3. The number of aromatic hydroxyl groups is 1. The molecule has 0 aromatic heterocycles. The lowest BCUT2D eigenvalue weighted by Crippen LogP contribution is -2.41. The Bertz CT molecular complexity index is 795. The summed E-state index contributed by atoms with van der Waals surface area (Å²) in [6.07, 6.45) is 2.81. The second kappa shape index (κ2) is 7.26. The van der Waals surface area contributed by atoms with Crippen LogP contribution in [0.3, 0.4) is 0 Å². The summed E-state index contributed by atoms with van der Waals surface area (Å²) in [5.41, 5.74) is 2.53. The molecule has 1 amide bonds. The summed E-state index contributed by atoms with van der Waals surface area (Å²) in [7, 11) is 1.54. The quantitative estimate of drug-likeness (QED) is 0.780. The highest BCUT2D eigenvalue weighted by Gasteiger charge is 2.45. The van der Waals surface area contributed by atoms with Gasteiger partial charge in [0.25, 0.3) is 0 Å². The number of rotatable bonds is 3. The van der Waals surface area contributed by atoms with Crippen LogP contribution in [0.25, 0.3) is 0 Å². The van der Waals surface area contributed by atoms with Gasteiger partial charge in [-0.3, -0.25) is 0 Å². The molecule has 1 saturated carbocycles. The molecule has 1 fully saturated rings. The molecule has 2 unspecified atom stereocenters. The van der Waals surface area contributed by atoms with E-state index in [1.807, 2.05) is 24.3 Å². The molecule has 4 heteroatoms. The van der Waals surface area contributed by atoms with Crippen molar-refractivity contribution >= 4 is 6.09 Å². The number of nitrogens with one attached hydrogen (secondary N) is 1. The van der Waals surface area contributed by atoms with Gasteiger partial charge >= 0.3 is 6.09 Å². The van der Waals surface area contributed by atoms with Crippen molar-refractivity contribution in [1.29, 1.82) is 0 Å². The predicted octanol–water partition coefficient (Wildman–Crippen LogP) is 5.24. The van der Waals surface area contributed by atoms with Gasteiger partial charge in [0.15, 0.2) is 0 Å². The molecule has 2 atom stereocenters. The van der Waals surface area contributed by atoms with Gasteiger partial charge in [0.2, 0.25) is 0 Å². The molecule has 2 aromatic carbocycles. The van der Waals surface area contributed by atoms with Crippen LogP contribution in [0.1, 0.15) is 51.2 Å². The van der Waals surface area contributed by atoms with E-state index in [4.69, 9.17) is 4.74 Å². The maximum Gasteiger partial charge on any atom is 0.412 e. The Morgan fingerprint density at radius 1 is 1.04 bits per heavy atom. The van der Waals surface area contributed by atoms with E-state index in [0.717, 1.165) is 12.8 Å². The third-order valence-corrected chi connectivity index (χ3v) is 5.62. The fourth-order valence-corrected chi connectivity index (χ4v) is 4.96. The van der Waals surface area contributed by atoms with E-state index in [2.05, 4.69) is 38.2 Å². The zero-order valence-corrected chi connectivity index (χ0v) is 16.6. The van der Waals surface area contributed by atoms with Crippen molar-refractivity contribution in [3.63, 3.8) is 0 Å².